The molecule has 1 amide bonds. The average Bonchev–Trinajstić information content (AvgIpc) is 3.11. The van der Waals surface area contributed by atoms with Gasteiger partial charge in [0.15, 0.2) is 0 Å². The van der Waals surface area contributed by atoms with Crippen molar-refractivity contribution in [2.45, 2.75) is 51.4 Å². The Bertz CT molecular complexity index is 889. The SMILES string of the molecule is COc1ccc([C@@H]2C[C@H](Cc3ccc([N+](=O)[O-])cc3)N(C(=O)OC(C)(C)C)O2)cc1. The standard InChI is InChI=1S/C22H26N2O6/c1-22(2,3)29-21(25)23-18(13-15-5-9-17(10-6-15)24(26)27)14-20(30-23)16-7-11-19(28-4)12-8-16/h5-12,18,20H,13-14H2,1-4H3/t18-,20-/m0/s1. The fourth-order valence-electron chi connectivity index (χ4n) is 3.32. The lowest BCUT2D eigenvalue weighted by molar-refractivity contribution is -0.384. The molecule has 160 valence electrons. The lowest BCUT2D eigenvalue weighted by Gasteiger charge is -2.27. The van der Waals surface area contributed by atoms with Crippen molar-refractivity contribution >= 4 is 11.8 Å². The number of benzene rings is 2. The van der Waals surface area contributed by atoms with Crippen LogP contribution in [-0.2, 0) is 16.0 Å². The highest BCUT2D eigenvalue weighted by Gasteiger charge is 2.40. The van der Waals surface area contributed by atoms with Crippen molar-refractivity contribution in [3.8, 4) is 5.75 Å². The second-order valence-electron chi connectivity index (χ2n) is 8.19. The summed E-state index contributed by atoms with van der Waals surface area (Å²) in [5.41, 5.74) is 1.17. The quantitative estimate of drug-likeness (QED) is 0.514. The van der Waals surface area contributed by atoms with Crippen LogP contribution < -0.4 is 4.74 Å². The van der Waals surface area contributed by atoms with Gasteiger partial charge < -0.3 is 9.47 Å². The third kappa shape index (κ3) is 5.27. The molecular formula is C22H26N2O6. The minimum absolute atomic E-state index is 0.0292. The Morgan fingerprint density at radius 1 is 1.17 bits per heavy atom. The van der Waals surface area contributed by atoms with Crippen LogP contribution in [0.3, 0.4) is 0 Å². The van der Waals surface area contributed by atoms with Crippen molar-refractivity contribution in [3.05, 3.63) is 69.8 Å². The molecule has 1 saturated heterocycles. The molecule has 2 aromatic carbocycles. The molecular weight excluding hydrogens is 388 g/mol. The number of non-ortho nitro benzene ring substituents is 1. The lowest BCUT2D eigenvalue weighted by Crippen LogP contribution is -2.39. The summed E-state index contributed by atoms with van der Waals surface area (Å²) in [5, 5.41) is 12.2. The summed E-state index contributed by atoms with van der Waals surface area (Å²) < 4.78 is 10.7. The normalized spacial score (nSPS) is 18.9. The number of hydrogen-bond donors (Lipinski definition) is 0. The number of rotatable bonds is 5. The van der Waals surface area contributed by atoms with Crippen LogP contribution in [0.4, 0.5) is 10.5 Å². The van der Waals surface area contributed by atoms with Gasteiger partial charge in [-0.3, -0.25) is 15.0 Å². The largest absolute Gasteiger partial charge is 0.497 e. The highest BCUT2D eigenvalue weighted by Crippen LogP contribution is 2.36. The van der Waals surface area contributed by atoms with E-state index in [-0.39, 0.29) is 17.8 Å². The summed E-state index contributed by atoms with van der Waals surface area (Å²) in [6.07, 6.45) is 0.198. The lowest BCUT2D eigenvalue weighted by atomic mass is 9.98. The smallest absolute Gasteiger partial charge is 0.434 e. The molecule has 2 aromatic rings. The number of hydroxylamine groups is 2. The molecule has 1 heterocycles. The maximum Gasteiger partial charge on any atom is 0.434 e. The van der Waals surface area contributed by atoms with Crippen molar-refractivity contribution in [3.63, 3.8) is 0 Å². The summed E-state index contributed by atoms with van der Waals surface area (Å²) in [4.78, 5) is 29.2. The summed E-state index contributed by atoms with van der Waals surface area (Å²) in [6, 6.07) is 13.6. The number of carbonyl (C=O) groups excluding carboxylic acids is 1. The molecule has 8 nitrogen and oxygen atoms in total. The molecule has 0 bridgehead atoms. The van der Waals surface area contributed by atoms with Crippen LogP contribution in [-0.4, -0.2) is 34.8 Å². The van der Waals surface area contributed by atoms with Gasteiger partial charge in [-0.25, -0.2) is 4.79 Å². The van der Waals surface area contributed by atoms with E-state index in [0.717, 1.165) is 16.9 Å². The Morgan fingerprint density at radius 3 is 2.33 bits per heavy atom. The molecule has 0 spiro atoms. The number of amides is 1. The number of carbonyl (C=O) groups is 1. The van der Waals surface area contributed by atoms with Crippen LogP contribution in [0, 0.1) is 10.1 Å². The van der Waals surface area contributed by atoms with Gasteiger partial charge in [0, 0.05) is 18.6 Å². The Morgan fingerprint density at radius 2 is 1.80 bits per heavy atom. The van der Waals surface area contributed by atoms with Gasteiger partial charge in [0.05, 0.1) is 18.1 Å². The van der Waals surface area contributed by atoms with Crippen molar-refractivity contribution in [2.24, 2.45) is 0 Å². The Hall–Kier alpha value is -3.13. The number of nitro benzene ring substituents is 1. The Balaban J connectivity index is 1.80. The number of ether oxygens (including phenoxy) is 2. The van der Waals surface area contributed by atoms with Crippen molar-refractivity contribution in [1.82, 2.24) is 5.06 Å². The zero-order valence-corrected chi connectivity index (χ0v) is 17.5. The first-order valence-corrected chi connectivity index (χ1v) is 9.72. The van der Waals surface area contributed by atoms with Crippen LogP contribution in [0.1, 0.15) is 44.4 Å². The highest BCUT2D eigenvalue weighted by atomic mass is 16.7. The molecule has 1 aliphatic rings. The van der Waals surface area contributed by atoms with Crippen LogP contribution >= 0.6 is 0 Å². The molecule has 0 aromatic heterocycles. The van der Waals surface area contributed by atoms with Crippen molar-refractivity contribution in [2.75, 3.05) is 7.11 Å². The molecule has 0 saturated carbocycles. The number of methoxy groups -OCH3 is 1. The van der Waals surface area contributed by atoms with Gasteiger partial charge in [0.2, 0.25) is 0 Å². The van der Waals surface area contributed by atoms with E-state index in [1.54, 1.807) is 40.0 Å². The zero-order chi connectivity index (χ0) is 21.9. The van der Waals surface area contributed by atoms with Gasteiger partial charge in [-0.2, -0.15) is 5.06 Å². The van der Waals surface area contributed by atoms with E-state index in [0.29, 0.717) is 12.8 Å². The van der Waals surface area contributed by atoms with Crippen LogP contribution in [0.25, 0.3) is 0 Å². The average molecular weight is 414 g/mol. The van der Waals surface area contributed by atoms with Crippen molar-refractivity contribution < 1.29 is 24.0 Å². The molecule has 2 atom stereocenters. The Kier molecular flexibility index (Phi) is 6.26. The third-order valence-electron chi connectivity index (χ3n) is 4.74. The highest BCUT2D eigenvalue weighted by molar-refractivity contribution is 5.67. The van der Waals surface area contributed by atoms with Gasteiger partial charge in [0.25, 0.3) is 5.69 Å². The summed E-state index contributed by atoms with van der Waals surface area (Å²) in [6.45, 7) is 5.40. The molecule has 30 heavy (non-hydrogen) atoms. The second-order valence-corrected chi connectivity index (χ2v) is 8.19. The van der Waals surface area contributed by atoms with Gasteiger partial charge in [-0.1, -0.05) is 24.3 Å². The van der Waals surface area contributed by atoms with E-state index in [4.69, 9.17) is 14.3 Å². The molecule has 0 N–H and O–H groups in total. The number of nitrogens with zero attached hydrogens (tertiary/aromatic N) is 2. The maximum absolute atomic E-state index is 12.8. The van der Waals surface area contributed by atoms with Crippen LogP contribution in [0.2, 0.25) is 0 Å². The van der Waals surface area contributed by atoms with E-state index in [2.05, 4.69) is 0 Å². The minimum atomic E-state index is -0.656. The van der Waals surface area contributed by atoms with Crippen LogP contribution in [0.15, 0.2) is 48.5 Å². The first-order chi connectivity index (χ1) is 14.2. The maximum atomic E-state index is 12.8. The minimum Gasteiger partial charge on any atom is -0.497 e. The first kappa shape index (κ1) is 21.6. The van der Waals surface area contributed by atoms with E-state index in [1.807, 2.05) is 24.3 Å². The fourth-order valence-corrected chi connectivity index (χ4v) is 3.32. The summed E-state index contributed by atoms with van der Waals surface area (Å²) in [5.74, 6) is 0.739. The monoisotopic (exact) mass is 414 g/mol. The van der Waals surface area contributed by atoms with Gasteiger partial charge in [-0.15, -0.1) is 0 Å². The van der Waals surface area contributed by atoms with Gasteiger partial charge in [-0.05, 0) is 50.5 Å². The third-order valence-corrected chi connectivity index (χ3v) is 4.74. The van der Waals surface area contributed by atoms with Crippen LogP contribution in [0.5, 0.6) is 5.75 Å². The van der Waals surface area contributed by atoms with E-state index in [9.17, 15) is 14.9 Å². The number of hydrogen-bond acceptors (Lipinski definition) is 6. The predicted molar refractivity (Wildman–Crippen MR) is 110 cm³/mol. The molecule has 1 aliphatic heterocycles. The first-order valence-electron chi connectivity index (χ1n) is 9.72. The second kappa shape index (κ2) is 8.71. The molecule has 1 fully saturated rings. The number of nitro groups is 1. The molecule has 8 heteroatoms. The topological polar surface area (TPSA) is 91.1 Å². The van der Waals surface area contributed by atoms with Gasteiger partial charge >= 0.3 is 6.09 Å². The van der Waals surface area contributed by atoms with E-state index >= 15 is 0 Å². The molecule has 3 rings (SSSR count). The Labute approximate surface area is 175 Å². The van der Waals surface area contributed by atoms with Crippen molar-refractivity contribution in [1.29, 1.82) is 0 Å². The predicted octanol–water partition coefficient (Wildman–Crippen LogP) is 4.83. The van der Waals surface area contributed by atoms with Gasteiger partial charge in [0.1, 0.15) is 17.5 Å². The summed E-state index contributed by atoms with van der Waals surface area (Å²) >= 11 is 0. The molecule has 0 aliphatic carbocycles. The molecule has 0 unspecified atom stereocenters. The van der Waals surface area contributed by atoms with E-state index in [1.165, 1.54) is 17.2 Å². The molecule has 0 radical (unpaired) electrons. The zero-order valence-electron chi connectivity index (χ0n) is 17.5. The summed E-state index contributed by atoms with van der Waals surface area (Å²) in [7, 11) is 1.60. The van der Waals surface area contributed by atoms with E-state index < -0.39 is 16.6 Å². The fraction of sp³-hybridized carbons (Fsp3) is 0.409.